The molecule has 1 aliphatic rings. The van der Waals surface area contributed by atoms with Crippen molar-refractivity contribution >= 4 is 23.3 Å². The summed E-state index contributed by atoms with van der Waals surface area (Å²) in [6.45, 7) is 1.50. The first-order chi connectivity index (χ1) is 9.52. The summed E-state index contributed by atoms with van der Waals surface area (Å²) in [7, 11) is 5.87. The van der Waals surface area contributed by atoms with E-state index in [9.17, 15) is 4.79 Å². The standard InChI is InChI=1S/C14H21ClN4O/c1-16-12-7-6-11(15)13(17-12)14(20)19-8-4-5-10(9-19)18(2)3/h6-7,10H,4-5,8-9H2,1-3H3,(H,16,17). The van der Waals surface area contributed by atoms with Crippen LogP contribution < -0.4 is 5.32 Å². The average Bonchev–Trinajstić information content (AvgIpc) is 2.47. The normalized spacial score (nSPS) is 19.2. The zero-order valence-corrected chi connectivity index (χ0v) is 12.9. The smallest absolute Gasteiger partial charge is 0.274 e. The van der Waals surface area contributed by atoms with E-state index in [0.717, 1.165) is 25.9 Å². The third kappa shape index (κ3) is 3.22. The number of likely N-dealkylation sites (N-methyl/N-ethyl adjacent to an activating group) is 1. The average molecular weight is 297 g/mol. The first-order valence-electron chi connectivity index (χ1n) is 6.83. The number of nitrogens with one attached hydrogen (secondary N) is 1. The largest absolute Gasteiger partial charge is 0.373 e. The van der Waals surface area contributed by atoms with Crippen LogP contribution in [-0.2, 0) is 0 Å². The molecule has 1 aliphatic heterocycles. The van der Waals surface area contributed by atoms with E-state index in [4.69, 9.17) is 11.6 Å². The number of hydrogen-bond donors (Lipinski definition) is 1. The third-order valence-corrected chi connectivity index (χ3v) is 4.02. The number of likely N-dealkylation sites (tertiary alicyclic amines) is 1. The van der Waals surface area contributed by atoms with Gasteiger partial charge in [0.25, 0.3) is 5.91 Å². The van der Waals surface area contributed by atoms with Crippen LogP contribution in [0.1, 0.15) is 23.3 Å². The highest BCUT2D eigenvalue weighted by molar-refractivity contribution is 6.33. The summed E-state index contributed by atoms with van der Waals surface area (Å²) in [5.41, 5.74) is 0.331. The van der Waals surface area contributed by atoms with Crippen LogP contribution in [0, 0.1) is 0 Å². The maximum absolute atomic E-state index is 12.6. The van der Waals surface area contributed by atoms with Crippen molar-refractivity contribution < 1.29 is 4.79 Å². The zero-order valence-electron chi connectivity index (χ0n) is 12.2. The van der Waals surface area contributed by atoms with E-state index in [1.54, 1.807) is 19.2 Å². The Morgan fingerprint density at radius 2 is 2.25 bits per heavy atom. The van der Waals surface area contributed by atoms with Crippen LogP contribution in [0.15, 0.2) is 12.1 Å². The van der Waals surface area contributed by atoms with Crippen molar-refractivity contribution in [2.45, 2.75) is 18.9 Å². The predicted octanol–water partition coefficient (Wildman–Crippen LogP) is 1.94. The molecule has 1 unspecified atom stereocenters. The second kappa shape index (κ2) is 6.41. The molecule has 1 atom stereocenters. The molecule has 0 spiro atoms. The van der Waals surface area contributed by atoms with E-state index in [2.05, 4.69) is 15.2 Å². The van der Waals surface area contributed by atoms with E-state index in [-0.39, 0.29) is 5.91 Å². The quantitative estimate of drug-likeness (QED) is 0.926. The summed E-state index contributed by atoms with van der Waals surface area (Å²) in [5, 5.41) is 3.33. The van der Waals surface area contributed by atoms with E-state index in [1.807, 2.05) is 19.0 Å². The van der Waals surface area contributed by atoms with Crippen LogP contribution in [0.2, 0.25) is 5.02 Å². The van der Waals surface area contributed by atoms with E-state index >= 15 is 0 Å². The minimum Gasteiger partial charge on any atom is -0.373 e. The van der Waals surface area contributed by atoms with Gasteiger partial charge in [-0.25, -0.2) is 4.98 Å². The van der Waals surface area contributed by atoms with Gasteiger partial charge < -0.3 is 15.1 Å². The first kappa shape index (κ1) is 15.1. The second-order valence-corrected chi connectivity index (χ2v) is 5.69. The summed E-state index contributed by atoms with van der Waals surface area (Å²) in [6, 6.07) is 3.87. The number of rotatable bonds is 3. The molecule has 1 saturated heterocycles. The summed E-state index contributed by atoms with van der Waals surface area (Å²) < 4.78 is 0. The van der Waals surface area contributed by atoms with Gasteiger partial charge >= 0.3 is 0 Å². The number of piperidine rings is 1. The lowest BCUT2D eigenvalue weighted by Gasteiger charge is -2.36. The van der Waals surface area contributed by atoms with Crippen LogP contribution in [0.4, 0.5) is 5.82 Å². The summed E-state index contributed by atoms with van der Waals surface area (Å²) in [5.74, 6) is 0.567. The summed E-state index contributed by atoms with van der Waals surface area (Å²) in [4.78, 5) is 20.9. The molecule has 0 radical (unpaired) electrons. The Kier molecular flexibility index (Phi) is 4.83. The van der Waals surface area contributed by atoms with Gasteiger partial charge in [-0.1, -0.05) is 11.6 Å². The van der Waals surface area contributed by atoms with Crippen molar-refractivity contribution in [1.29, 1.82) is 0 Å². The minimum atomic E-state index is -0.0846. The summed E-state index contributed by atoms with van der Waals surface area (Å²) in [6.07, 6.45) is 2.13. The number of carbonyl (C=O) groups excluding carboxylic acids is 1. The van der Waals surface area contributed by atoms with Crippen molar-refractivity contribution in [3.05, 3.63) is 22.8 Å². The molecule has 0 saturated carbocycles. The third-order valence-electron chi connectivity index (χ3n) is 3.72. The molecule has 0 bridgehead atoms. The highest BCUT2D eigenvalue weighted by atomic mass is 35.5. The highest BCUT2D eigenvalue weighted by Gasteiger charge is 2.27. The van der Waals surface area contributed by atoms with Gasteiger partial charge in [-0.3, -0.25) is 4.79 Å². The second-order valence-electron chi connectivity index (χ2n) is 5.29. The van der Waals surface area contributed by atoms with E-state index in [0.29, 0.717) is 22.6 Å². The highest BCUT2D eigenvalue weighted by Crippen LogP contribution is 2.21. The van der Waals surface area contributed by atoms with Crippen LogP contribution in [0.3, 0.4) is 0 Å². The van der Waals surface area contributed by atoms with Crippen LogP contribution in [0.5, 0.6) is 0 Å². The van der Waals surface area contributed by atoms with Crippen molar-refractivity contribution in [1.82, 2.24) is 14.8 Å². The zero-order chi connectivity index (χ0) is 14.7. The lowest BCUT2D eigenvalue weighted by Crippen LogP contribution is -2.47. The molecule has 20 heavy (non-hydrogen) atoms. The van der Waals surface area contributed by atoms with Crippen LogP contribution in [-0.4, -0.2) is 61.0 Å². The minimum absolute atomic E-state index is 0.0846. The van der Waals surface area contributed by atoms with Crippen LogP contribution in [0.25, 0.3) is 0 Å². The molecule has 0 aromatic carbocycles. The number of hydrogen-bond acceptors (Lipinski definition) is 4. The molecule has 1 fully saturated rings. The van der Waals surface area contributed by atoms with Crippen molar-refractivity contribution in [2.24, 2.45) is 0 Å². The van der Waals surface area contributed by atoms with Gasteiger partial charge in [-0.05, 0) is 39.1 Å². The van der Waals surface area contributed by atoms with Gasteiger partial charge in [-0.15, -0.1) is 0 Å². The number of pyridine rings is 1. The molecule has 1 N–H and O–H groups in total. The molecule has 1 aromatic rings. The molecule has 5 nitrogen and oxygen atoms in total. The molecule has 1 aromatic heterocycles. The SMILES string of the molecule is CNc1ccc(Cl)c(C(=O)N2CCCC(N(C)C)C2)n1. The van der Waals surface area contributed by atoms with Gasteiger partial charge in [0.2, 0.25) is 0 Å². The summed E-state index contributed by atoms with van der Waals surface area (Å²) >= 11 is 6.12. The topological polar surface area (TPSA) is 48.5 Å². The maximum atomic E-state index is 12.6. The Morgan fingerprint density at radius 3 is 2.90 bits per heavy atom. The Morgan fingerprint density at radius 1 is 1.50 bits per heavy atom. The van der Waals surface area contributed by atoms with E-state index in [1.165, 1.54) is 0 Å². The molecule has 2 heterocycles. The first-order valence-corrected chi connectivity index (χ1v) is 7.20. The maximum Gasteiger partial charge on any atom is 0.274 e. The van der Waals surface area contributed by atoms with Crippen molar-refractivity contribution in [3.8, 4) is 0 Å². The predicted molar refractivity (Wildman–Crippen MR) is 81.4 cm³/mol. The van der Waals surface area contributed by atoms with Gasteiger partial charge in [0.15, 0.2) is 0 Å². The monoisotopic (exact) mass is 296 g/mol. The van der Waals surface area contributed by atoms with Gasteiger partial charge in [0, 0.05) is 26.2 Å². The fraction of sp³-hybridized carbons (Fsp3) is 0.571. The Labute approximate surface area is 124 Å². The van der Waals surface area contributed by atoms with Gasteiger partial charge in [0.05, 0.1) is 5.02 Å². The fourth-order valence-electron chi connectivity index (χ4n) is 2.44. The number of amides is 1. The lowest BCUT2D eigenvalue weighted by molar-refractivity contribution is 0.0629. The van der Waals surface area contributed by atoms with Gasteiger partial charge in [-0.2, -0.15) is 0 Å². The van der Waals surface area contributed by atoms with Crippen LogP contribution >= 0.6 is 11.6 Å². The molecule has 6 heteroatoms. The Bertz CT molecular complexity index is 492. The molecule has 1 amide bonds. The number of aromatic nitrogens is 1. The molecule has 2 rings (SSSR count). The molecule has 0 aliphatic carbocycles. The van der Waals surface area contributed by atoms with Crippen molar-refractivity contribution in [3.63, 3.8) is 0 Å². The van der Waals surface area contributed by atoms with Gasteiger partial charge in [0.1, 0.15) is 11.5 Å². The number of carbonyl (C=O) groups is 1. The Balaban J connectivity index is 2.18. The van der Waals surface area contributed by atoms with Crippen molar-refractivity contribution in [2.75, 3.05) is 39.5 Å². The van der Waals surface area contributed by atoms with E-state index < -0.39 is 0 Å². The molecular weight excluding hydrogens is 276 g/mol. The fourth-order valence-corrected chi connectivity index (χ4v) is 2.63. The number of anilines is 1. The number of halogens is 1. The molecular formula is C14H21ClN4O. The molecule has 110 valence electrons. The Hall–Kier alpha value is -1.33. The number of nitrogens with zero attached hydrogens (tertiary/aromatic N) is 3. The lowest BCUT2D eigenvalue weighted by atomic mass is 10.0.